The van der Waals surface area contributed by atoms with Crippen molar-refractivity contribution in [2.24, 2.45) is 0 Å². The van der Waals surface area contributed by atoms with Gasteiger partial charge in [0.25, 0.3) is 0 Å². The van der Waals surface area contributed by atoms with Gasteiger partial charge in [-0.3, -0.25) is 0 Å². The zero-order valence-corrected chi connectivity index (χ0v) is 12.9. The molecule has 0 aliphatic carbocycles. The van der Waals surface area contributed by atoms with Gasteiger partial charge in [0, 0.05) is 5.75 Å². The molecule has 0 N–H and O–H groups in total. The maximum atomic E-state index is 5.25. The Morgan fingerprint density at radius 3 is 2.29 bits per heavy atom. The van der Waals surface area contributed by atoms with Gasteiger partial charge in [-0.15, -0.1) is 11.6 Å². The Kier molecular flexibility index (Phi) is 6.39. The van der Waals surface area contributed by atoms with Crippen molar-refractivity contribution < 1.29 is 22.0 Å². The first kappa shape index (κ1) is 13.9. The van der Waals surface area contributed by atoms with E-state index in [9.17, 15) is 0 Å². The Bertz CT molecular complexity index is 268. The SMILES string of the molecule is COc1cc[c-]cc1C(C)(C)C.[Cl][Zn+]. The summed E-state index contributed by atoms with van der Waals surface area (Å²) in [5.74, 6) is 0.946. The molecule has 0 unspecified atom stereocenters. The van der Waals surface area contributed by atoms with Gasteiger partial charge in [-0.25, -0.2) is 0 Å². The fraction of sp³-hybridized carbons (Fsp3) is 0.455. The first-order chi connectivity index (χ1) is 6.55. The van der Waals surface area contributed by atoms with Crippen LogP contribution in [0.5, 0.6) is 5.75 Å². The summed E-state index contributed by atoms with van der Waals surface area (Å²) in [5, 5.41) is 0. The van der Waals surface area contributed by atoms with Gasteiger partial charge in [0.2, 0.25) is 0 Å². The molecule has 0 spiro atoms. The van der Waals surface area contributed by atoms with Crippen molar-refractivity contribution in [2.75, 3.05) is 7.11 Å². The predicted molar refractivity (Wildman–Crippen MR) is 56.4 cm³/mol. The average molecular weight is 264 g/mol. The summed E-state index contributed by atoms with van der Waals surface area (Å²) in [7, 11) is 6.46. The number of hydrogen-bond donors (Lipinski definition) is 0. The van der Waals surface area contributed by atoms with Gasteiger partial charge < -0.3 is 4.74 Å². The van der Waals surface area contributed by atoms with Gasteiger partial charge in [-0.1, -0.05) is 26.2 Å². The molecule has 1 aromatic carbocycles. The zero-order chi connectivity index (χ0) is 11.2. The molecule has 0 aliphatic rings. The molecule has 0 amide bonds. The Labute approximate surface area is 101 Å². The first-order valence-electron chi connectivity index (χ1n) is 4.37. The van der Waals surface area contributed by atoms with Crippen LogP contribution >= 0.6 is 9.69 Å². The molecule has 0 heterocycles. The summed E-state index contributed by atoms with van der Waals surface area (Å²) in [6.07, 6.45) is 0. The average Bonchev–Trinajstić information content (AvgIpc) is 2.19. The van der Waals surface area contributed by atoms with E-state index in [1.54, 1.807) is 7.11 Å². The predicted octanol–water partition coefficient (Wildman–Crippen LogP) is 3.48. The van der Waals surface area contributed by atoms with Crippen molar-refractivity contribution in [3.8, 4) is 5.75 Å². The summed E-state index contributed by atoms with van der Waals surface area (Å²) in [4.78, 5) is 0. The van der Waals surface area contributed by atoms with E-state index in [-0.39, 0.29) is 5.41 Å². The van der Waals surface area contributed by atoms with Crippen LogP contribution in [0.4, 0.5) is 0 Å². The van der Waals surface area contributed by atoms with Crippen molar-refractivity contribution in [2.45, 2.75) is 26.2 Å². The number of ether oxygens (including phenoxy) is 1. The Hall–Kier alpha value is -0.0666. The van der Waals surface area contributed by atoms with Crippen LogP contribution in [0, 0.1) is 6.07 Å². The fourth-order valence-corrected chi connectivity index (χ4v) is 1.18. The second-order valence-corrected chi connectivity index (χ2v) is 3.88. The Morgan fingerprint density at radius 1 is 1.36 bits per heavy atom. The third kappa shape index (κ3) is 3.98. The number of hydrogen-bond acceptors (Lipinski definition) is 1. The summed E-state index contributed by atoms with van der Waals surface area (Å²) < 4.78 is 5.25. The van der Waals surface area contributed by atoms with Gasteiger partial charge in [-0.2, -0.15) is 18.2 Å². The van der Waals surface area contributed by atoms with Crippen LogP contribution in [0.1, 0.15) is 26.3 Å². The molecule has 14 heavy (non-hydrogen) atoms. The first-order valence-corrected chi connectivity index (χ1v) is 8.27. The van der Waals surface area contributed by atoms with Crippen LogP contribution in [0.25, 0.3) is 0 Å². The normalized spacial score (nSPS) is 10.2. The molecule has 0 saturated carbocycles. The molecular formula is C11H15ClOZn. The number of rotatable bonds is 1. The third-order valence-electron chi connectivity index (χ3n) is 1.85. The topological polar surface area (TPSA) is 9.23 Å². The van der Waals surface area contributed by atoms with E-state index in [4.69, 9.17) is 14.4 Å². The zero-order valence-electron chi connectivity index (χ0n) is 9.23. The maximum absolute atomic E-state index is 5.25. The molecule has 0 saturated heterocycles. The Balaban J connectivity index is 0.000000791. The van der Waals surface area contributed by atoms with Crippen LogP contribution in [-0.4, -0.2) is 7.11 Å². The third-order valence-corrected chi connectivity index (χ3v) is 1.85. The standard InChI is InChI=1S/C11H15O.ClH.Zn/c1-11(2,3)9-7-5-6-8-10(9)12-4;;/h6-8H,1-4H3;1H;/q-1;;+2/p-1. The van der Waals surface area contributed by atoms with Crippen molar-refractivity contribution in [1.82, 2.24) is 0 Å². The van der Waals surface area contributed by atoms with Gasteiger partial charge in [0.05, 0.1) is 7.11 Å². The van der Waals surface area contributed by atoms with E-state index in [1.807, 2.05) is 18.2 Å². The monoisotopic (exact) mass is 262 g/mol. The number of halogens is 1. The van der Waals surface area contributed by atoms with Gasteiger partial charge in [0.15, 0.2) is 0 Å². The van der Waals surface area contributed by atoms with Crippen LogP contribution in [0.15, 0.2) is 18.2 Å². The number of methoxy groups -OCH3 is 1. The van der Waals surface area contributed by atoms with Crippen LogP contribution in [0.3, 0.4) is 0 Å². The van der Waals surface area contributed by atoms with E-state index >= 15 is 0 Å². The molecule has 1 rings (SSSR count). The van der Waals surface area contributed by atoms with Gasteiger partial charge in [-0.05, 0) is 0 Å². The molecule has 74 valence electrons. The summed E-state index contributed by atoms with van der Waals surface area (Å²) in [5.41, 5.74) is 1.33. The van der Waals surface area contributed by atoms with Gasteiger partial charge in [0.1, 0.15) is 0 Å². The van der Waals surface area contributed by atoms with E-state index in [0.717, 1.165) is 23.1 Å². The molecule has 0 atom stereocenters. The Morgan fingerprint density at radius 2 is 1.93 bits per heavy atom. The second kappa shape index (κ2) is 6.42. The molecule has 0 bridgehead atoms. The van der Waals surface area contributed by atoms with E-state index in [0.29, 0.717) is 0 Å². The van der Waals surface area contributed by atoms with Crippen molar-refractivity contribution in [1.29, 1.82) is 0 Å². The number of benzene rings is 1. The minimum atomic E-state index is 0.128. The molecule has 1 nitrogen and oxygen atoms in total. The second-order valence-electron chi connectivity index (χ2n) is 3.88. The fourth-order valence-electron chi connectivity index (χ4n) is 1.18. The van der Waals surface area contributed by atoms with E-state index in [1.165, 1.54) is 5.56 Å². The van der Waals surface area contributed by atoms with Crippen molar-refractivity contribution >= 4 is 9.69 Å². The molecule has 0 aromatic heterocycles. The summed E-state index contributed by atoms with van der Waals surface area (Å²) >= 11 is 0.847. The molecule has 0 aliphatic heterocycles. The minimum absolute atomic E-state index is 0.128. The molecular weight excluding hydrogens is 249 g/mol. The molecule has 1 aromatic rings. The van der Waals surface area contributed by atoms with E-state index < -0.39 is 0 Å². The molecule has 3 heteroatoms. The van der Waals surface area contributed by atoms with E-state index in [2.05, 4.69) is 26.8 Å². The summed E-state index contributed by atoms with van der Waals surface area (Å²) in [6.45, 7) is 6.50. The van der Waals surface area contributed by atoms with Crippen molar-refractivity contribution in [3.63, 3.8) is 0 Å². The van der Waals surface area contributed by atoms with Crippen LogP contribution in [0.2, 0.25) is 0 Å². The van der Waals surface area contributed by atoms with Crippen LogP contribution < -0.4 is 4.74 Å². The van der Waals surface area contributed by atoms with Crippen molar-refractivity contribution in [3.05, 3.63) is 29.8 Å². The quantitative estimate of drug-likeness (QED) is 0.557. The molecule has 0 radical (unpaired) electrons. The molecule has 0 fully saturated rings. The van der Waals surface area contributed by atoms with Crippen LogP contribution in [-0.2, 0) is 22.7 Å². The summed E-state index contributed by atoms with van der Waals surface area (Å²) in [6, 6.07) is 8.86. The van der Waals surface area contributed by atoms with Gasteiger partial charge >= 0.3 is 27.0 Å².